The third-order valence-electron chi connectivity index (χ3n) is 2.24. The van der Waals surface area contributed by atoms with Gasteiger partial charge >= 0.3 is 5.69 Å². The Bertz CT molecular complexity index is 632. The molecule has 0 saturated carbocycles. The lowest BCUT2D eigenvalue weighted by Gasteiger charge is -2.09. The first-order valence-corrected chi connectivity index (χ1v) is 5.76. The second-order valence-electron chi connectivity index (χ2n) is 3.43. The van der Waals surface area contributed by atoms with E-state index < -0.39 is 16.4 Å². The minimum atomic E-state index is -0.730. The average Bonchev–Trinajstić information content (AvgIpc) is 2.33. The Morgan fingerprint density at radius 2 is 2.16 bits per heavy atom. The van der Waals surface area contributed by atoms with E-state index in [0.29, 0.717) is 4.47 Å². The first kappa shape index (κ1) is 13.1. The van der Waals surface area contributed by atoms with Crippen molar-refractivity contribution >= 4 is 38.9 Å². The van der Waals surface area contributed by atoms with E-state index in [2.05, 4.69) is 31.2 Å². The first-order valence-electron chi connectivity index (χ1n) is 4.96. The second kappa shape index (κ2) is 5.14. The van der Waals surface area contributed by atoms with E-state index in [1.807, 2.05) is 0 Å². The Labute approximate surface area is 115 Å². The van der Waals surface area contributed by atoms with Crippen LogP contribution in [0.4, 0.5) is 27.4 Å². The molecule has 0 spiro atoms. The van der Waals surface area contributed by atoms with Crippen molar-refractivity contribution in [1.29, 1.82) is 0 Å². The van der Waals surface area contributed by atoms with Gasteiger partial charge in [-0.2, -0.15) is 0 Å². The van der Waals surface area contributed by atoms with Crippen LogP contribution in [-0.2, 0) is 0 Å². The number of nitrogen functional groups attached to an aromatic ring is 1. The van der Waals surface area contributed by atoms with Crippen molar-refractivity contribution in [2.24, 2.45) is 0 Å². The third-order valence-corrected chi connectivity index (χ3v) is 2.90. The zero-order valence-corrected chi connectivity index (χ0v) is 10.9. The molecule has 1 aromatic heterocycles. The molecule has 0 aliphatic carbocycles. The van der Waals surface area contributed by atoms with Crippen LogP contribution in [0.2, 0.25) is 0 Å². The van der Waals surface area contributed by atoms with Gasteiger partial charge in [0.15, 0.2) is 0 Å². The summed E-state index contributed by atoms with van der Waals surface area (Å²) in [5, 5.41) is 13.4. The maximum atomic E-state index is 13.6. The zero-order valence-electron chi connectivity index (χ0n) is 9.30. The third kappa shape index (κ3) is 2.60. The van der Waals surface area contributed by atoms with Gasteiger partial charge < -0.3 is 11.1 Å². The van der Waals surface area contributed by atoms with Crippen LogP contribution < -0.4 is 11.1 Å². The summed E-state index contributed by atoms with van der Waals surface area (Å²) in [6.45, 7) is 0. The van der Waals surface area contributed by atoms with Crippen LogP contribution >= 0.6 is 15.9 Å². The van der Waals surface area contributed by atoms with E-state index in [0.717, 1.165) is 6.33 Å². The molecule has 0 unspecified atom stereocenters. The minimum absolute atomic E-state index is 0.0312. The molecule has 9 heteroatoms. The Balaban J connectivity index is 2.50. The van der Waals surface area contributed by atoms with Crippen molar-refractivity contribution in [1.82, 2.24) is 9.97 Å². The molecule has 3 N–H and O–H groups in total. The van der Waals surface area contributed by atoms with Crippen molar-refractivity contribution in [2.75, 3.05) is 11.1 Å². The summed E-state index contributed by atoms with van der Waals surface area (Å²) < 4.78 is 14.0. The molecule has 1 aromatic carbocycles. The van der Waals surface area contributed by atoms with E-state index in [4.69, 9.17) is 5.73 Å². The number of para-hydroxylation sites is 1. The fourth-order valence-corrected chi connectivity index (χ4v) is 1.84. The summed E-state index contributed by atoms with van der Waals surface area (Å²) in [5.74, 6) is -1.06. The molecule has 2 aromatic rings. The van der Waals surface area contributed by atoms with Gasteiger partial charge in [0, 0.05) is 4.47 Å². The molecule has 0 atom stereocenters. The lowest BCUT2D eigenvalue weighted by Crippen LogP contribution is -2.06. The number of hydrogen-bond donors (Lipinski definition) is 2. The summed E-state index contributed by atoms with van der Waals surface area (Å²) in [6.07, 6.45) is 1.05. The van der Waals surface area contributed by atoms with Crippen LogP contribution in [0.1, 0.15) is 0 Å². The largest absolute Gasteiger partial charge is 0.378 e. The zero-order chi connectivity index (χ0) is 14.0. The standard InChI is InChI=1S/C10H7BrFN5O2/c11-5-2-1-3-6(12)7(5)16-10-8(17(18)19)9(13)14-4-15-10/h1-4H,(H3,13,14,15,16). The highest BCUT2D eigenvalue weighted by Crippen LogP contribution is 2.33. The fraction of sp³-hybridized carbons (Fsp3) is 0. The number of nitrogens with two attached hydrogens (primary N) is 1. The van der Waals surface area contributed by atoms with Crippen molar-refractivity contribution in [3.05, 3.63) is 44.9 Å². The maximum Gasteiger partial charge on any atom is 0.353 e. The number of rotatable bonds is 3. The molecule has 0 aliphatic heterocycles. The van der Waals surface area contributed by atoms with Crippen LogP contribution in [0.25, 0.3) is 0 Å². The van der Waals surface area contributed by atoms with E-state index in [1.165, 1.54) is 12.1 Å². The van der Waals surface area contributed by atoms with Gasteiger partial charge in [-0.1, -0.05) is 6.07 Å². The lowest BCUT2D eigenvalue weighted by atomic mass is 10.3. The van der Waals surface area contributed by atoms with Crippen molar-refractivity contribution < 1.29 is 9.31 Å². The summed E-state index contributed by atoms with van der Waals surface area (Å²) >= 11 is 3.14. The number of nitrogens with zero attached hydrogens (tertiary/aromatic N) is 3. The quantitative estimate of drug-likeness (QED) is 0.662. The molecule has 0 amide bonds. The monoisotopic (exact) mass is 327 g/mol. The molecular weight excluding hydrogens is 321 g/mol. The highest BCUT2D eigenvalue weighted by atomic mass is 79.9. The summed E-state index contributed by atoms with van der Waals surface area (Å²) in [4.78, 5) is 17.4. The molecule has 19 heavy (non-hydrogen) atoms. The van der Waals surface area contributed by atoms with Gasteiger partial charge in [0.2, 0.25) is 11.6 Å². The van der Waals surface area contributed by atoms with E-state index in [-0.39, 0.29) is 17.3 Å². The van der Waals surface area contributed by atoms with E-state index >= 15 is 0 Å². The Morgan fingerprint density at radius 1 is 1.42 bits per heavy atom. The number of benzene rings is 1. The highest BCUT2D eigenvalue weighted by Gasteiger charge is 2.22. The van der Waals surface area contributed by atoms with Crippen LogP contribution in [0.5, 0.6) is 0 Å². The van der Waals surface area contributed by atoms with Crippen LogP contribution in [0.15, 0.2) is 29.0 Å². The topological polar surface area (TPSA) is 107 Å². The van der Waals surface area contributed by atoms with Crippen LogP contribution in [0, 0.1) is 15.9 Å². The van der Waals surface area contributed by atoms with Gasteiger partial charge in [-0.25, -0.2) is 14.4 Å². The molecule has 0 saturated heterocycles. The molecule has 0 radical (unpaired) electrons. The molecule has 0 aliphatic rings. The van der Waals surface area contributed by atoms with Crippen molar-refractivity contribution in [3.63, 3.8) is 0 Å². The number of hydrogen-bond acceptors (Lipinski definition) is 6. The van der Waals surface area contributed by atoms with Gasteiger partial charge in [-0.05, 0) is 28.1 Å². The van der Waals surface area contributed by atoms with Crippen LogP contribution in [-0.4, -0.2) is 14.9 Å². The normalized spacial score (nSPS) is 10.2. The number of halogens is 2. The SMILES string of the molecule is Nc1ncnc(Nc2c(F)cccc2Br)c1[N+](=O)[O-]. The lowest BCUT2D eigenvalue weighted by molar-refractivity contribution is -0.383. The van der Waals surface area contributed by atoms with E-state index in [9.17, 15) is 14.5 Å². The summed E-state index contributed by atoms with van der Waals surface area (Å²) in [7, 11) is 0. The number of nitro groups is 1. The smallest absolute Gasteiger partial charge is 0.353 e. The second-order valence-corrected chi connectivity index (χ2v) is 4.29. The first-order chi connectivity index (χ1) is 9.00. The highest BCUT2D eigenvalue weighted by molar-refractivity contribution is 9.10. The van der Waals surface area contributed by atoms with Crippen LogP contribution in [0.3, 0.4) is 0 Å². The predicted octanol–water partition coefficient (Wildman–Crippen LogP) is 2.61. The molecule has 2 rings (SSSR count). The van der Waals surface area contributed by atoms with Gasteiger partial charge in [-0.15, -0.1) is 0 Å². The van der Waals surface area contributed by atoms with Gasteiger partial charge in [0.1, 0.15) is 12.1 Å². The molecule has 0 fully saturated rings. The average molecular weight is 328 g/mol. The predicted molar refractivity (Wildman–Crippen MR) is 70.5 cm³/mol. The molecule has 0 bridgehead atoms. The fourth-order valence-electron chi connectivity index (χ4n) is 1.40. The van der Waals surface area contributed by atoms with E-state index in [1.54, 1.807) is 6.07 Å². The van der Waals surface area contributed by atoms with Gasteiger partial charge in [0.05, 0.1) is 10.6 Å². The number of anilines is 3. The minimum Gasteiger partial charge on any atom is -0.378 e. The summed E-state index contributed by atoms with van der Waals surface area (Å²) in [5.41, 5.74) is 4.94. The maximum absolute atomic E-state index is 13.6. The Hall–Kier alpha value is -2.29. The molecule has 98 valence electrons. The Morgan fingerprint density at radius 3 is 2.79 bits per heavy atom. The van der Waals surface area contributed by atoms with Crippen molar-refractivity contribution in [3.8, 4) is 0 Å². The molecule has 1 heterocycles. The van der Waals surface area contributed by atoms with Crippen molar-refractivity contribution in [2.45, 2.75) is 0 Å². The summed E-state index contributed by atoms with van der Waals surface area (Å²) in [6, 6.07) is 4.29. The van der Waals surface area contributed by atoms with Gasteiger partial charge in [-0.3, -0.25) is 10.1 Å². The molecular formula is C10H7BrFN5O2. The molecule has 7 nitrogen and oxygen atoms in total. The van der Waals surface area contributed by atoms with Gasteiger partial charge in [0.25, 0.3) is 0 Å². The number of aromatic nitrogens is 2. The number of nitrogens with one attached hydrogen (secondary N) is 1. The Kier molecular flexibility index (Phi) is 3.56.